The Hall–Kier alpha value is -1.10. The molecular weight excluding hydrogens is 158 g/mol. The van der Waals surface area contributed by atoms with Crippen LogP contribution in [0.3, 0.4) is 0 Å². The van der Waals surface area contributed by atoms with Crippen molar-refractivity contribution in [1.82, 2.24) is 10.6 Å². The minimum absolute atomic E-state index is 0.0323. The Kier molecular flexibility index (Phi) is 6.00. The van der Waals surface area contributed by atoms with Gasteiger partial charge in [0.2, 0.25) is 11.8 Å². The van der Waals surface area contributed by atoms with Crippen LogP contribution in [-0.2, 0) is 9.59 Å². The largest absolute Gasteiger partial charge is 0.356 e. The van der Waals surface area contributed by atoms with Gasteiger partial charge in [-0.2, -0.15) is 0 Å². The molecule has 0 aliphatic rings. The van der Waals surface area contributed by atoms with Crippen molar-refractivity contribution in [2.45, 2.75) is 13.3 Å². The third-order valence-corrected chi connectivity index (χ3v) is 1.23. The molecule has 0 aromatic carbocycles. The van der Waals surface area contributed by atoms with Crippen LogP contribution in [0, 0.1) is 0 Å². The maximum Gasteiger partial charge on any atom is 0.233 e. The maximum atomic E-state index is 10.8. The standard InChI is InChI=1S/C7H15N3O2/c1-2-9-6(11)3-4-10-7(12)5-8/h2-5,8H2,1H3,(H,9,11)(H,10,12). The van der Waals surface area contributed by atoms with Crippen molar-refractivity contribution < 1.29 is 9.59 Å². The third-order valence-electron chi connectivity index (χ3n) is 1.23. The monoisotopic (exact) mass is 173 g/mol. The fourth-order valence-corrected chi connectivity index (χ4v) is 0.673. The van der Waals surface area contributed by atoms with Crippen molar-refractivity contribution >= 4 is 11.8 Å². The molecule has 0 heterocycles. The molecule has 5 heteroatoms. The number of carbonyl (C=O) groups is 2. The molecule has 12 heavy (non-hydrogen) atoms. The fraction of sp³-hybridized carbons (Fsp3) is 0.714. The van der Waals surface area contributed by atoms with Gasteiger partial charge in [0.1, 0.15) is 0 Å². The van der Waals surface area contributed by atoms with Gasteiger partial charge >= 0.3 is 0 Å². The van der Waals surface area contributed by atoms with E-state index in [1.165, 1.54) is 0 Å². The van der Waals surface area contributed by atoms with Gasteiger partial charge in [-0.05, 0) is 6.92 Å². The Morgan fingerprint density at radius 1 is 1.25 bits per heavy atom. The Morgan fingerprint density at radius 2 is 1.92 bits per heavy atom. The van der Waals surface area contributed by atoms with Gasteiger partial charge < -0.3 is 16.4 Å². The first-order valence-corrected chi connectivity index (χ1v) is 3.94. The molecule has 0 bridgehead atoms. The molecule has 0 aromatic rings. The Morgan fingerprint density at radius 3 is 2.42 bits per heavy atom. The van der Waals surface area contributed by atoms with E-state index < -0.39 is 0 Å². The van der Waals surface area contributed by atoms with Crippen LogP contribution in [0.25, 0.3) is 0 Å². The number of carbonyl (C=O) groups excluding carboxylic acids is 2. The summed E-state index contributed by atoms with van der Waals surface area (Å²) in [5.74, 6) is -0.297. The van der Waals surface area contributed by atoms with Gasteiger partial charge in [-0.1, -0.05) is 0 Å². The van der Waals surface area contributed by atoms with E-state index in [9.17, 15) is 9.59 Å². The highest BCUT2D eigenvalue weighted by molar-refractivity contribution is 5.79. The third kappa shape index (κ3) is 5.67. The number of hydrogen-bond donors (Lipinski definition) is 3. The zero-order valence-electron chi connectivity index (χ0n) is 7.22. The maximum absolute atomic E-state index is 10.8. The molecule has 0 aliphatic carbocycles. The quantitative estimate of drug-likeness (QED) is 0.477. The predicted molar refractivity (Wildman–Crippen MR) is 45.4 cm³/mol. The van der Waals surface area contributed by atoms with E-state index in [0.29, 0.717) is 19.5 Å². The van der Waals surface area contributed by atoms with Crippen LogP contribution in [0.4, 0.5) is 0 Å². The fourth-order valence-electron chi connectivity index (χ4n) is 0.673. The molecular formula is C7H15N3O2. The van der Waals surface area contributed by atoms with Gasteiger partial charge in [-0.3, -0.25) is 9.59 Å². The smallest absolute Gasteiger partial charge is 0.233 e. The van der Waals surface area contributed by atoms with Crippen molar-refractivity contribution in [3.63, 3.8) is 0 Å². The first-order chi connectivity index (χ1) is 5.70. The van der Waals surface area contributed by atoms with Gasteiger partial charge in [0.25, 0.3) is 0 Å². The topological polar surface area (TPSA) is 84.2 Å². The van der Waals surface area contributed by atoms with Crippen LogP contribution in [0.5, 0.6) is 0 Å². The van der Waals surface area contributed by atoms with Crippen LogP contribution in [-0.4, -0.2) is 31.4 Å². The summed E-state index contributed by atoms with van der Waals surface area (Å²) in [6, 6.07) is 0. The molecule has 5 nitrogen and oxygen atoms in total. The predicted octanol–water partition coefficient (Wildman–Crippen LogP) is -1.41. The average Bonchev–Trinajstić information content (AvgIpc) is 2.04. The summed E-state index contributed by atoms with van der Waals surface area (Å²) in [5.41, 5.74) is 5.03. The van der Waals surface area contributed by atoms with Gasteiger partial charge in [-0.25, -0.2) is 0 Å². The van der Waals surface area contributed by atoms with Crippen LogP contribution < -0.4 is 16.4 Å². The van der Waals surface area contributed by atoms with Crippen molar-refractivity contribution in [2.75, 3.05) is 19.6 Å². The molecule has 0 saturated heterocycles. The molecule has 0 aromatic heterocycles. The van der Waals surface area contributed by atoms with E-state index in [1.807, 2.05) is 6.92 Å². The number of nitrogens with one attached hydrogen (secondary N) is 2. The Balaban J connectivity index is 3.30. The van der Waals surface area contributed by atoms with E-state index in [2.05, 4.69) is 10.6 Å². The first-order valence-electron chi connectivity index (χ1n) is 3.94. The zero-order chi connectivity index (χ0) is 9.40. The molecule has 4 N–H and O–H groups in total. The summed E-state index contributed by atoms with van der Waals surface area (Å²) >= 11 is 0. The summed E-state index contributed by atoms with van der Waals surface area (Å²) in [6.45, 7) is 2.78. The second kappa shape index (κ2) is 6.60. The van der Waals surface area contributed by atoms with E-state index in [1.54, 1.807) is 0 Å². The summed E-state index contributed by atoms with van der Waals surface area (Å²) < 4.78 is 0. The molecule has 70 valence electrons. The molecule has 0 radical (unpaired) electrons. The van der Waals surface area contributed by atoms with Crippen molar-refractivity contribution in [3.8, 4) is 0 Å². The molecule has 2 amide bonds. The van der Waals surface area contributed by atoms with Crippen LogP contribution in [0.2, 0.25) is 0 Å². The lowest BCUT2D eigenvalue weighted by molar-refractivity contribution is -0.121. The number of nitrogens with two attached hydrogens (primary N) is 1. The minimum atomic E-state index is -0.237. The molecule has 0 saturated carbocycles. The van der Waals surface area contributed by atoms with Crippen molar-refractivity contribution in [2.24, 2.45) is 5.73 Å². The van der Waals surface area contributed by atoms with Crippen molar-refractivity contribution in [1.29, 1.82) is 0 Å². The zero-order valence-corrected chi connectivity index (χ0v) is 7.22. The van der Waals surface area contributed by atoms with Gasteiger partial charge in [0.05, 0.1) is 6.54 Å². The lowest BCUT2D eigenvalue weighted by Crippen LogP contribution is -2.34. The summed E-state index contributed by atoms with van der Waals surface area (Å²) in [5, 5.41) is 5.11. The van der Waals surface area contributed by atoms with E-state index in [4.69, 9.17) is 5.73 Å². The van der Waals surface area contributed by atoms with Gasteiger partial charge in [0, 0.05) is 19.5 Å². The minimum Gasteiger partial charge on any atom is -0.356 e. The van der Waals surface area contributed by atoms with Gasteiger partial charge in [0.15, 0.2) is 0 Å². The van der Waals surface area contributed by atoms with Gasteiger partial charge in [-0.15, -0.1) is 0 Å². The second-order valence-corrected chi connectivity index (χ2v) is 2.26. The summed E-state index contributed by atoms with van der Waals surface area (Å²) in [4.78, 5) is 21.4. The highest BCUT2D eigenvalue weighted by Gasteiger charge is 2.00. The SMILES string of the molecule is CCNC(=O)CCNC(=O)CN. The van der Waals surface area contributed by atoms with E-state index in [0.717, 1.165) is 0 Å². The number of amides is 2. The average molecular weight is 173 g/mol. The Labute approximate surface area is 71.7 Å². The van der Waals surface area contributed by atoms with Crippen molar-refractivity contribution in [3.05, 3.63) is 0 Å². The molecule has 0 fully saturated rings. The molecule has 0 spiro atoms. The van der Waals surface area contributed by atoms with E-state index in [-0.39, 0.29) is 18.4 Å². The van der Waals surface area contributed by atoms with Crippen LogP contribution in [0.1, 0.15) is 13.3 Å². The summed E-state index contributed by atoms with van der Waals surface area (Å²) in [6.07, 6.45) is 0.305. The van der Waals surface area contributed by atoms with Crippen LogP contribution in [0.15, 0.2) is 0 Å². The number of rotatable bonds is 5. The van der Waals surface area contributed by atoms with Crippen LogP contribution >= 0.6 is 0 Å². The molecule has 0 atom stereocenters. The highest BCUT2D eigenvalue weighted by atomic mass is 16.2. The van der Waals surface area contributed by atoms with E-state index >= 15 is 0 Å². The number of hydrogen-bond acceptors (Lipinski definition) is 3. The first kappa shape index (κ1) is 10.9. The summed E-state index contributed by atoms with van der Waals surface area (Å²) in [7, 11) is 0. The molecule has 0 aliphatic heterocycles. The second-order valence-electron chi connectivity index (χ2n) is 2.26. The lowest BCUT2D eigenvalue weighted by Gasteiger charge is -2.02. The normalized spacial score (nSPS) is 9.17. The Bertz CT molecular complexity index is 159. The lowest BCUT2D eigenvalue weighted by atomic mass is 10.4. The molecule has 0 rings (SSSR count). The highest BCUT2D eigenvalue weighted by Crippen LogP contribution is 1.76. The molecule has 0 unspecified atom stereocenters.